The highest BCUT2D eigenvalue weighted by Crippen LogP contribution is 2.29. The smallest absolute Gasteiger partial charge is 0.409 e. The Kier molecular flexibility index (Phi) is 4.85. The standard InChI is InChI=1S/C14H17BrN4O2/c1-19(14(20)21-2)6-5-17-13-10-4-3-9(15)7-12(10)18-8-11(13)16/h3-4,7-8H,5-6,16H2,1-2H3,(H,17,18). The first-order chi connectivity index (χ1) is 10.0. The van der Waals surface area contributed by atoms with Gasteiger partial charge in [0.15, 0.2) is 0 Å². The first-order valence-electron chi connectivity index (χ1n) is 6.39. The number of benzene rings is 1. The number of likely N-dealkylation sites (N-methyl/N-ethyl adjacent to an activating group) is 1. The summed E-state index contributed by atoms with van der Waals surface area (Å²) in [4.78, 5) is 17.1. The van der Waals surface area contributed by atoms with Gasteiger partial charge in [-0.15, -0.1) is 0 Å². The van der Waals surface area contributed by atoms with Crippen LogP contribution in [-0.2, 0) is 4.74 Å². The third-order valence-corrected chi connectivity index (χ3v) is 3.59. The summed E-state index contributed by atoms with van der Waals surface area (Å²) >= 11 is 3.42. The number of halogens is 1. The lowest BCUT2D eigenvalue weighted by atomic mass is 10.1. The maximum absolute atomic E-state index is 11.3. The molecule has 0 bridgehead atoms. The number of anilines is 2. The second-order valence-corrected chi connectivity index (χ2v) is 5.48. The summed E-state index contributed by atoms with van der Waals surface area (Å²) < 4.78 is 5.60. The monoisotopic (exact) mass is 352 g/mol. The maximum atomic E-state index is 11.3. The molecule has 0 unspecified atom stereocenters. The topological polar surface area (TPSA) is 80.5 Å². The normalized spacial score (nSPS) is 10.4. The lowest BCUT2D eigenvalue weighted by Gasteiger charge is -2.17. The van der Waals surface area contributed by atoms with Crippen molar-refractivity contribution >= 4 is 44.3 Å². The molecule has 0 aliphatic carbocycles. The molecule has 21 heavy (non-hydrogen) atoms. The molecule has 6 nitrogen and oxygen atoms in total. The van der Waals surface area contributed by atoms with Gasteiger partial charge in [0.05, 0.1) is 30.2 Å². The van der Waals surface area contributed by atoms with Crippen molar-refractivity contribution in [3.8, 4) is 0 Å². The molecule has 0 saturated carbocycles. The number of nitrogens with one attached hydrogen (secondary N) is 1. The summed E-state index contributed by atoms with van der Waals surface area (Å²) in [5.41, 5.74) is 8.23. The van der Waals surface area contributed by atoms with Gasteiger partial charge in [-0.05, 0) is 18.2 Å². The van der Waals surface area contributed by atoms with Gasteiger partial charge in [-0.25, -0.2) is 4.79 Å². The molecule has 112 valence electrons. The lowest BCUT2D eigenvalue weighted by Crippen LogP contribution is -2.31. The van der Waals surface area contributed by atoms with Crippen LogP contribution in [0.2, 0.25) is 0 Å². The fraction of sp³-hybridized carbons (Fsp3) is 0.286. The van der Waals surface area contributed by atoms with Crippen LogP contribution >= 0.6 is 15.9 Å². The molecule has 2 rings (SSSR count). The number of rotatable bonds is 4. The van der Waals surface area contributed by atoms with Crippen molar-refractivity contribution in [3.63, 3.8) is 0 Å². The minimum absolute atomic E-state index is 0.367. The van der Waals surface area contributed by atoms with E-state index in [2.05, 4.69) is 31.0 Å². The molecular weight excluding hydrogens is 336 g/mol. The van der Waals surface area contributed by atoms with Crippen molar-refractivity contribution < 1.29 is 9.53 Å². The van der Waals surface area contributed by atoms with E-state index in [1.54, 1.807) is 13.2 Å². The Hall–Kier alpha value is -2.02. The number of aromatic nitrogens is 1. The van der Waals surface area contributed by atoms with E-state index in [4.69, 9.17) is 5.73 Å². The number of carbonyl (C=O) groups excluding carboxylic acids is 1. The zero-order valence-corrected chi connectivity index (χ0v) is 13.5. The van der Waals surface area contributed by atoms with Crippen molar-refractivity contribution in [3.05, 3.63) is 28.9 Å². The Balaban J connectivity index is 2.14. The van der Waals surface area contributed by atoms with Crippen LogP contribution in [0.4, 0.5) is 16.2 Å². The average Bonchev–Trinajstić information content (AvgIpc) is 2.48. The number of nitrogens with zero attached hydrogens (tertiary/aromatic N) is 2. The van der Waals surface area contributed by atoms with Gasteiger partial charge in [-0.1, -0.05) is 15.9 Å². The highest BCUT2D eigenvalue weighted by molar-refractivity contribution is 9.10. The molecule has 1 aromatic heterocycles. The van der Waals surface area contributed by atoms with Crippen LogP contribution in [-0.4, -0.2) is 43.2 Å². The van der Waals surface area contributed by atoms with Gasteiger partial charge < -0.3 is 20.7 Å². The molecule has 0 aliphatic rings. The third kappa shape index (κ3) is 3.55. The molecule has 0 fully saturated rings. The fourth-order valence-corrected chi connectivity index (χ4v) is 2.32. The Morgan fingerprint density at radius 1 is 1.52 bits per heavy atom. The van der Waals surface area contributed by atoms with E-state index in [-0.39, 0.29) is 6.09 Å². The Labute approximate surface area is 131 Å². The largest absolute Gasteiger partial charge is 0.453 e. The Morgan fingerprint density at radius 3 is 3.00 bits per heavy atom. The first-order valence-corrected chi connectivity index (χ1v) is 7.19. The van der Waals surface area contributed by atoms with E-state index in [1.807, 2.05) is 18.2 Å². The number of ether oxygens (including phenoxy) is 1. The van der Waals surface area contributed by atoms with Gasteiger partial charge in [0, 0.05) is 30.0 Å². The molecule has 3 N–H and O–H groups in total. The van der Waals surface area contributed by atoms with Crippen molar-refractivity contribution in [1.29, 1.82) is 0 Å². The molecule has 7 heteroatoms. The van der Waals surface area contributed by atoms with Gasteiger partial charge in [-0.3, -0.25) is 4.98 Å². The van der Waals surface area contributed by atoms with E-state index >= 15 is 0 Å². The molecule has 2 aromatic rings. The van der Waals surface area contributed by atoms with Gasteiger partial charge >= 0.3 is 6.09 Å². The van der Waals surface area contributed by atoms with Crippen LogP contribution in [0.5, 0.6) is 0 Å². The van der Waals surface area contributed by atoms with Gasteiger partial charge in [0.25, 0.3) is 0 Å². The number of fused-ring (bicyclic) bond motifs is 1. The van der Waals surface area contributed by atoms with Crippen LogP contribution < -0.4 is 11.1 Å². The molecule has 0 radical (unpaired) electrons. The number of pyridine rings is 1. The molecule has 0 spiro atoms. The first kappa shape index (κ1) is 15.4. The molecule has 1 amide bonds. The minimum Gasteiger partial charge on any atom is -0.453 e. The summed E-state index contributed by atoms with van der Waals surface area (Å²) in [6, 6.07) is 5.82. The summed E-state index contributed by atoms with van der Waals surface area (Å²) in [6.45, 7) is 1.07. The summed E-state index contributed by atoms with van der Waals surface area (Å²) in [5, 5.41) is 4.20. The van der Waals surface area contributed by atoms with Gasteiger partial charge in [0.1, 0.15) is 0 Å². The minimum atomic E-state index is -0.367. The number of hydrogen-bond donors (Lipinski definition) is 2. The maximum Gasteiger partial charge on any atom is 0.409 e. The Bertz CT molecular complexity index is 663. The summed E-state index contributed by atoms with van der Waals surface area (Å²) in [7, 11) is 3.04. The third-order valence-electron chi connectivity index (χ3n) is 3.10. The van der Waals surface area contributed by atoms with Crippen molar-refractivity contribution in [1.82, 2.24) is 9.88 Å². The SMILES string of the molecule is COC(=O)N(C)CCNc1c(N)cnc2cc(Br)ccc12. The van der Waals surface area contributed by atoms with Gasteiger partial charge in [0.2, 0.25) is 0 Å². The number of nitrogen functional groups attached to an aromatic ring is 1. The number of methoxy groups -OCH3 is 1. The highest BCUT2D eigenvalue weighted by atomic mass is 79.9. The number of nitrogens with two attached hydrogens (primary N) is 1. The van der Waals surface area contributed by atoms with Gasteiger partial charge in [-0.2, -0.15) is 0 Å². The molecule has 1 heterocycles. The van der Waals surface area contributed by atoms with Crippen LogP contribution in [0.1, 0.15) is 0 Å². The number of hydrogen-bond acceptors (Lipinski definition) is 5. The highest BCUT2D eigenvalue weighted by Gasteiger charge is 2.09. The number of carbonyl (C=O) groups is 1. The summed E-state index contributed by atoms with van der Waals surface area (Å²) in [6.07, 6.45) is 1.26. The summed E-state index contributed by atoms with van der Waals surface area (Å²) in [5.74, 6) is 0. The van der Waals surface area contributed by atoms with Crippen molar-refractivity contribution in [2.45, 2.75) is 0 Å². The van der Waals surface area contributed by atoms with Crippen molar-refractivity contribution in [2.75, 3.05) is 38.3 Å². The molecule has 0 atom stereocenters. The van der Waals surface area contributed by atoms with Crippen LogP contribution in [0.15, 0.2) is 28.9 Å². The quantitative estimate of drug-likeness (QED) is 0.883. The molecular formula is C14H17BrN4O2. The van der Waals surface area contributed by atoms with Crippen LogP contribution in [0, 0.1) is 0 Å². The zero-order chi connectivity index (χ0) is 15.4. The zero-order valence-electron chi connectivity index (χ0n) is 11.9. The van der Waals surface area contributed by atoms with E-state index < -0.39 is 0 Å². The second kappa shape index (κ2) is 6.62. The van der Waals surface area contributed by atoms with E-state index in [0.29, 0.717) is 18.8 Å². The molecule has 0 saturated heterocycles. The predicted molar refractivity (Wildman–Crippen MR) is 87.4 cm³/mol. The van der Waals surface area contributed by atoms with E-state index in [0.717, 1.165) is 21.1 Å². The predicted octanol–water partition coefficient (Wildman–Crippen LogP) is 2.69. The average molecular weight is 353 g/mol. The van der Waals surface area contributed by atoms with Crippen LogP contribution in [0.25, 0.3) is 10.9 Å². The molecule has 1 aromatic carbocycles. The number of amides is 1. The fourth-order valence-electron chi connectivity index (χ4n) is 1.98. The Morgan fingerprint density at radius 2 is 2.29 bits per heavy atom. The van der Waals surface area contributed by atoms with E-state index in [1.165, 1.54) is 12.0 Å². The van der Waals surface area contributed by atoms with Crippen LogP contribution in [0.3, 0.4) is 0 Å². The second-order valence-electron chi connectivity index (χ2n) is 4.57. The van der Waals surface area contributed by atoms with Crippen molar-refractivity contribution in [2.24, 2.45) is 0 Å². The van der Waals surface area contributed by atoms with E-state index in [9.17, 15) is 4.79 Å². The lowest BCUT2D eigenvalue weighted by molar-refractivity contribution is 0.135. The molecule has 0 aliphatic heterocycles.